The molecule has 17 heavy (non-hydrogen) atoms. The van der Waals surface area contributed by atoms with E-state index in [1.165, 1.54) is 6.42 Å². The summed E-state index contributed by atoms with van der Waals surface area (Å²) in [6, 6.07) is 1.25. The van der Waals surface area contributed by atoms with Crippen LogP contribution in [0, 0.1) is 5.92 Å². The van der Waals surface area contributed by atoms with Crippen LogP contribution >= 0.6 is 0 Å². The van der Waals surface area contributed by atoms with Crippen LogP contribution in [0.2, 0.25) is 0 Å². The number of likely N-dealkylation sites (tertiary alicyclic amines) is 1. The van der Waals surface area contributed by atoms with Gasteiger partial charge in [-0.25, -0.2) is 0 Å². The molecule has 102 valence electrons. The van der Waals surface area contributed by atoms with E-state index in [0.717, 1.165) is 31.1 Å². The van der Waals surface area contributed by atoms with Crippen molar-refractivity contribution >= 4 is 10.8 Å². The molecule has 1 saturated heterocycles. The van der Waals surface area contributed by atoms with Gasteiger partial charge in [-0.3, -0.25) is 9.11 Å². The van der Waals surface area contributed by atoms with E-state index in [1.807, 2.05) is 6.92 Å². The molecule has 0 bridgehead atoms. The van der Waals surface area contributed by atoms with E-state index in [-0.39, 0.29) is 0 Å². The molecule has 4 unspecified atom stereocenters. The number of nitrogens with one attached hydrogen (secondary N) is 1. The van der Waals surface area contributed by atoms with Gasteiger partial charge in [0.15, 0.2) is 0 Å². The van der Waals surface area contributed by atoms with Gasteiger partial charge in [0.2, 0.25) is 0 Å². The fourth-order valence-corrected chi connectivity index (χ4v) is 3.40. The largest absolute Gasteiger partial charge is 0.314 e. The summed E-state index contributed by atoms with van der Waals surface area (Å²) in [5.74, 6) is 2.30. The van der Waals surface area contributed by atoms with Crippen LogP contribution in [0.4, 0.5) is 0 Å². The fraction of sp³-hybridized carbons (Fsp3) is 1.00. The third kappa shape index (κ3) is 4.34. The van der Waals surface area contributed by atoms with Gasteiger partial charge in [0.05, 0.1) is 0 Å². The van der Waals surface area contributed by atoms with Crippen molar-refractivity contribution in [3.8, 4) is 0 Å². The first-order chi connectivity index (χ1) is 8.10. The van der Waals surface area contributed by atoms with Crippen molar-refractivity contribution in [2.75, 3.05) is 31.1 Å². The summed E-state index contributed by atoms with van der Waals surface area (Å²) >= 11 is 0. The molecule has 1 aliphatic heterocycles. The maximum atomic E-state index is 11.5. The Morgan fingerprint density at radius 3 is 2.65 bits per heavy atom. The summed E-state index contributed by atoms with van der Waals surface area (Å²) in [6.07, 6.45) is 1.22. The second-order valence-corrected chi connectivity index (χ2v) is 6.89. The molecule has 1 heterocycles. The first-order valence-corrected chi connectivity index (χ1v) is 8.41. The molecule has 3 nitrogen and oxygen atoms in total. The average Bonchev–Trinajstić information content (AvgIpc) is 2.34. The van der Waals surface area contributed by atoms with Crippen molar-refractivity contribution in [2.24, 2.45) is 5.92 Å². The summed E-state index contributed by atoms with van der Waals surface area (Å²) in [5.41, 5.74) is 0. The Morgan fingerprint density at radius 1 is 1.35 bits per heavy atom. The first kappa shape index (κ1) is 15.1. The van der Waals surface area contributed by atoms with Crippen LogP contribution in [-0.4, -0.2) is 52.3 Å². The minimum Gasteiger partial charge on any atom is -0.314 e. The van der Waals surface area contributed by atoms with E-state index in [0.29, 0.717) is 18.0 Å². The van der Waals surface area contributed by atoms with Crippen LogP contribution in [0.5, 0.6) is 0 Å². The molecule has 1 fully saturated rings. The maximum absolute atomic E-state index is 11.5. The molecule has 0 aromatic rings. The third-order valence-electron chi connectivity index (χ3n) is 4.09. The highest BCUT2D eigenvalue weighted by atomic mass is 32.2. The van der Waals surface area contributed by atoms with Gasteiger partial charge in [0, 0.05) is 40.9 Å². The first-order valence-electron chi connectivity index (χ1n) is 6.92. The molecule has 1 N–H and O–H groups in total. The van der Waals surface area contributed by atoms with Crippen molar-refractivity contribution < 1.29 is 4.21 Å². The van der Waals surface area contributed by atoms with Gasteiger partial charge >= 0.3 is 0 Å². The smallest absolute Gasteiger partial charge is 0.0362 e. The summed E-state index contributed by atoms with van der Waals surface area (Å²) in [4.78, 5) is 2.51. The second-order valence-electron chi connectivity index (χ2n) is 5.02. The molecular weight excluding hydrogens is 232 g/mol. The van der Waals surface area contributed by atoms with Gasteiger partial charge in [0.25, 0.3) is 0 Å². The van der Waals surface area contributed by atoms with Gasteiger partial charge < -0.3 is 5.32 Å². The van der Waals surface area contributed by atoms with Crippen molar-refractivity contribution in [1.82, 2.24) is 10.2 Å². The zero-order valence-electron chi connectivity index (χ0n) is 11.7. The fourth-order valence-electron chi connectivity index (χ4n) is 2.67. The van der Waals surface area contributed by atoms with Crippen LogP contribution in [-0.2, 0) is 10.8 Å². The molecule has 1 rings (SSSR count). The highest BCUT2D eigenvalue weighted by Crippen LogP contribution is 2.23. The van der Waals surface area contributed by atoms with Crippen molar-refractivity contribution in [1.29, 1.82) is 0 Å². The van der Waals surface area contributed by atoms with Gasteiger partial charge in [-0.1, -0.05) is 20.8 Å². The Kier molecular flexibility index (Phi) is 6.67. The van der Waals surface area contributed by atoms with E-state index >= 15 is 0 Å². The Labute approximate surface area is 109 Å². The molecule has 0 saturated carbocycles. The zero-order valence-corrected chi connectivity index (χ0v) is 12.6. The van der Waals surface area contributed by atoms with Crippen LogP contribution in [0.3, 0.4) is 0 Å². The number of rotatable bonds is 6. The third-order valence-corrected chi connectivity index (χ3v) is 5.38. The van der Waals surface area contributed by atoms with E-state index in [2.05, 4.69) is 31.0 Å². The van der Waals surface area contributed by atoms with Crippen molar-refractivity contribution in [3.05, 3.63) is 0 Å². The molecule has 0 spiro atoms. The van der Waals surface area contributed by atoms with E-state index in [9.17, 15) is 4.21 Å². The zero-order chi connectivity index (χ0) is 12.8. The lowest BCUT2D eigenvalue weighted by atomic mass is 9.87. The topological polar surface area (TPSA) is 32.3 Å². The summed E-state index contributed by atoms with van der Waals surface area (Å²) < 4.78 is 11.5. The van der Waals surface area contributed by atoms with Crippen molar-refractivity contribution in [2.45, 2.75) is 46.2 Å². The van der Waals surface area contributed by atoms with Crippen LogP contribution in [0.15, 0.2) is 0 Å². The molecule has 4 atom stereocenters. The lowest BCUT2D eigenvalue weighted by Gasteiger charge is -2.43. The Balaban J connectivity index is 2.42. The molecule has 0 aliphatic carbocycles. The molecule has 0 aromatic carbocycles. The van der Waals surface area contributed by atoms with Crippen LogP contribution < -0.4 is 5.32 Å². The minimum atomic E-state index is -0.624. The number of hydrogen-bond donors (Lipinski definition) is 1. The summed E-state index contributed by atoms with van der Waals surface area (Å²) in [5, 5.41) is 3.57. The SMILES string of the molecule is CCNC1CCN(CCS(=O)CC)C(C)C1C. The summed E-state index contributed by atoms with van der Waals surface area (Å²) in [6.45, 7) is 12.0. The number of piperidine rings is 1. The minimum absolute atomic E-state index is 0.599. The predicted molar refractivity (Wildman–Crippen MR) is 75.8 cm³/mol. The Bertz CT molecular complexity index is 248. The lowest BCUT2D eigenvalue weighted by molar-refractivity contribution is 0.0917. The molecular formula is C13H28N2OS. The summed E-state index contributed by atoms with van der Waals surface area (Å²) in [7, 11) is -0.624. The molecule has 4 heteroatoms. The molecule has 0 radical (unpaired) electrons. The molecule has 0 amide bonds. The maximum Gasteiger partial charge on any atom is 0.0362 e. The van der Waals surface area contributed by atoms with Crippen molar-refractivity contribution in [3.63, 3.8) is 0 Å². The highest BCUT2D eigenvalue weighted by Gasteiger charge is 2.31. The lowest BCUT2D eigenvalue weighted by Crippen LogP contribution is -2.54. The average molecular weight is 260 g/mol. The van der Waals surface area contributed by atoms with Crippen LogP contribution in [0.25, 0.3) is 0 Å². The second kappa shape index (κ2) is 7.49. The van der Waals surface area contributed by atoms with Gasteiger partial charge in [-0.15, -0.1) is 0 Å². The predicted octanol–water partition coefficient (Wildman–Crippen LogP) is 1.46. The quantitative estimate of drug-likeness (QED) is 0.785. The highest BCUT2D eigenvalue weighted by molar-refractivity contribution is 7.84. The Hall–Kier alpha value is 0.0700. The van der Waals surface area contributed by atoms with E-state index < -0.39 is 10.8 Å². The van der Waals surface area contributed by atoms with Gasteiger partial charge in [-0.2, -0.15) is 0 Å². The molecule has 1 aliphatic rings. The van der Waals surface area contributed by atoms with Gasteiger partial charge in [-0.05, 0) is 32.4 Å². The van der Waals surface area contributed by atoms with E-state index in [1.54, 1.807) is 0 Å². The standard InChI is InChI=1S/C13H28N2OS/c1-5-14-13-7-8-15(12(4)11(13)3)9-10-17(16)6-2/h11-14H,5-10H2,1-4H3. The van der Waals surface area contributed by atoms with Gasteiger partial charge in [0.1, 0.15) is 0 Å². The Morgan fingerprint density at radius 2 is 2.06 bits per heavy atom. The monoisotopic (exact) mass is 260 g/mol. The van der Waals surface area contributed by atoms with E-state index in [4.69, 9.17) is 0 Å². The normalized spacial score (nSPS) is 32.6. The number of hydrogen-bond acceptors (Lipinski definition) is 3. The molecule has 0 aromatic heterocycles. The van der Waals surface area contributed by atoms with Crippen LogP contribution in [0.1, 0.15) is 34.1 Å². The number of nitrogens with zero attached hydrogens (tertiary/aromatic N) is 1.